The van der Waals surface area contributed by atoms with Crippen molar-refractivity contribution < 1.29 is 14.3 Å². The van der Waals surface area contributed by atoms with Crippen LogP contribution in [0, 0.1) is 0 Å². The number of likely N-dealkylation sites (N-methyl/N-ethyl adjacent to an activating group) is 1. The van der Waals surface area contributed by atoms with Crippen LogP contribution in [0.15, 0.2) is 54.4 Å². The van der Waals surface area contributed by atoms with Crippen LogP contribution in [0.3, 0.4) is 0 Å². The van der Waals surface area contributed by atoms with Gasteiger partial charge in [-0.2, -0.15) is 0 Å². The van der Waals surface area contributed by atoms with E-state index in [0.717, 1.165) is 41.5 Å². The first-order valence-corrected chi connectivity index (χ1v) is 14.3. The number of rotatable bonds is 8. The SMILES string of the molecule is CCOc1ccc(N2C(=O)/C(=C/c3cn(CC(=O)NC4CCCCC4)c4c(CC)cccc34)N(C)C2=S)cc1. The molecule has 2 aliphatic rings. The van der Waals surface area contributed by atoms with Crippen LogP contribution in [0.2, 0.25) is 0 Å². The maximum atomic E-state index is 13.6. The second-order valence-electron chi connectivity index (χ2n) is 10.2. The van der Waals surface area contributed by atoms with E-state index in [1.54, 1.807) is 9.80 Å². The number of nitrogens with zero attached hydrogens (tertiary/aromatic N) is 3. The molecule has 1 N–H and O–H groups in total. The Kier molecular flexibility index (Phi) is 8.02. The number of ether oxygens (including phenoxy) is 1. The van der Waals surface area contributed by atoms with Gasteiger partial charge in [0.25, 0.3) is 5.91 Å². The third-order valence-electron chi connectivity index (χ3n) is 7.64. The molecule has 39 heavy (non-hydrogen) atoms. The number of benzene rings is 2. The first kappa shape index (κ1) is 26.9. The summed E-state index contributed by atoms with van der Waals surface area (Å²) in [4.78, 5) is 30.0. The maximum absolute atomic E-state index is 13.6. The van der Waals surface area contributed by atoms with Gasteiger partial charge in [0.2, 0.25) is 5.91 Å². The highest BCUT2D eigenvalue weighted by molar-refractivity contribution is 7.80. The summed E-state index contributed by atoms with van der Waals surface area (Å²) in [7, 11) is 1.81. The predicted molar refractivity (Wildman–Crippen MR) is 160 cm³/mol. The van der Waals surface area contributed by atoms with Gasteiger partial charge >= 0.3 is 0 Å². The molecule has 2 amide bonds. The summed E-state index contributed by atoms with van der Waals surface area (Å²) in [6, 6.07) is 13.8. The number of thiocarbonyl (C=S) groups is 1. The number of nitrogens with one attached hydrogen (secondary N) is 1. The summed E-state index contributed by atoms with van der Waals surface area (Å²) in [5.41, 5.74) is 4.27. The first-order chi connectivity index (χ1) is 18.9. The van der Waals surface area contributed by atoms with Gasteiger partial charge in [0.05, 0.1) is 17.8 Å². The van der Waals surface area contributed by atoms with E-state index in [0.29, 0.717) is 23.1 Å². The fraction of sp³-hybridized carbons (Fsp3) is 0.387. The molecule has 204 valence electrons. The average molecular weight is 545 g/mol. The molecule has 1 saturated carbocycles. The lowest BCUT2D eigenvalue weighted by atomic mass is 9.95. The number of aryl methyl sites for hydroxylation is 1. The van der Waals surface area contributed by atoms with E-state index in [1.807, 2.05) is 61.1 Å². The fourth-order valence-corrected chi connectivity index (χ4v) is 5.94. The molecule has 8 heteroatoms. The predicted octanol–water partition coefficient (Wildman–Crippen LogP) is 5.66. The largest absolute Gasteiger partial charge is 0.494 e. The molecule has 2 heterocycles. The molecule has 3 aromatic rings. The number of amides is 2. The van der Waals surface area contributed by atoms with Crippen LogP contribution >= 0.6 is 12.2 Å². The number of aromatic nitrogens is 1. The van der Waals surface area contributed by atoms with Gasteiger partial charge in [0.1, 0.15) is 18.0 Å². The Morgan fingerprint density at radius 1 is 1.10 bits per heavy atom. The Labute approximate surface area is 235 Å². The van der Waals surface area contributed by atoms with Crippen molar-refractivity contribution in [1.82, 2.24) is 14.8 Å². The van der Waals surface area contributed by atoms with Crippen molar-refractivity contribution in [2.45, 2.75) is 65.0 Å². The number of hydrogen-bond donors (Lipinski definition) is 1. The van der Waals surface area contributed by atoms with Crippen LogP contribution in [0.1, 0.15) is 57.1 Å². The molecule has 0 bridgehead atoms. The molecule has 1 saturated heterocycles. The summed E-state index contributed by atoms with van der Waals surface area (Å²) in [6.07, 6.45) is 10.4. The fourth-order valence-electron chi connectivity index (χ4n) is 5.65. The molecular weight excluding hydrogens is 508 g/mol. The number of hydrogen-bond acceptors (Lipinski definition) is 4. The van der Waals surface area contributed by atoms with Crippen molar-refractivity contribution in [2.75, 3.05) is 18.6 Å². The Balaban J connectivity index is 1.47. The van der Waals surface area contributed by atoms with E-state index in [2.05, 4.69) is 24.4 Å². The van der Waals surface area contributed by atoms with Crippen molar-refractivity contribution >= 4 is 51.8 Å². The topological polar surface area (TPSA) is 66.8 Å². The van der Waals surface area contributed by atoms with Crippen molar-refractivity contribution in [3.05, 3.63) is 65.5 Å². The molecular formula is C31H36N4O3S. The minimum atomic E-state index is -0.186. The minimum Gasteiger partial charge on any atom is -0.494 e. The van der Waals surface area contributed by atoms with Gasteiger partial charge in [0.15, 0.2) is 5.11 Å². The molecule has 2 aromatic carbocycles. The molecule has 2 fully saturated rings. The molecule has 0 atom stereocenters. The number of carbonyl (C=O) groups is 2. The first-order valence-electron chi connectivity index (χ1n) is 13.9. The molecule has 5 rings (SSSR count). The van der Waals surface area contributed by atoms with E-state index in [-0.39, 0.29) is 24.4 Å². The monoisotopic (exact) mass is 544 g/mol. The van der Waals surface area contributed by atoms with Gasteiger partial charge in [-0.3, -0.25) is 14.5 Å². The zero-order valence-electron chi connectivity index (χ0n) is 22.9. The number of para-hydroxylation sites is 1. The highest BCUT2D eigenvalue weighted by Gasteiger charge is 2.37. The van der Waals surface area contributed by atoms with Crippen LogP contribution in [-0.4, -0.2) is 46.1 Å². The van der Waals surface area contributed by atoms with E-state index in [4.69, 9.17) is 17.0 Å². The van der Waals surface area contributed by atoms with Gasteiger partial charge in [-0.05, 0) is 74.3 Å². The zero-order chi connectivity index (χ0) is 27.5. The summed E-state index contributed by atoms with van der Waals surface area (Å²) < 4.78 is 7.57. The second kappa shape index (κ2) is 11.6. The quantitative estimate of drug-likeness (QED) is 0.293. The maximum Gasteiger partial charge on any atom is 0.281 e. The molecule has 1 aliphatic heterocycles. The zero-order valence-corrected chi connectivity index (χ0v) is 23.7. The smallest absolute Gasteiger partial charge is 0.281 e. The summed E-state index contributed by atoms with van der Waals surface area (Å²) in [5.74, 6) is 0.588. The summed E-state index contributed by atoms with van der Waals surface area (Å²) >= 11 is 5.68. The van der Waals surface area contributed by atoms with E-state index in [1.165, 1.54) is 24.8 Å². The molecule has 1 aromatic heterocycles. The lowest BCUT2D eigenvalue weighted by Gasteiger charge is -2.23. The summed E-state index contributed by atoms with van der Waals surface area (Å²) in [6.45, 7) is 4.87. The Hall–Kier alpha value is -3.65. The normalized spacial score (nSPS) is 17.5. The van der Waals surface area contributed by atoms with E-state index >= 15 is 0 Å². The molecule has 0 unspecified atom stereocenters. The Morgan fingerprint density at radius 3 is 2.54 bits per heavy atom. The lowest BCUT2D eigenvalue weighted by molar-refractivity contribution is -0.122. The van der Waals surface area contributed by atoms with Gasteiger partial charge in [-0.15, -0.1) is 0 Å². The van der Waals surface area contributed by atoms with Crippen molar-refractivity contribution in [2.24, 2.45) is 0 Å². The molecule has 0 radical (unpaired) electrons. The Morgan fingerprint density at radius 2 is 1.85 bits per heavy atom. The van der Waals surface area contributed by atoms with E-state index < -0.39 is 0 Å². The number of anilines is 1. The highest BCUT2D eigenvalue weighted by atomic mass is 32.1. The molecule has 1 aliphatic carbocycles. The average Bonchev–Trinajstić information content (AvgIpc) is 3.39. The van der Waals surface area contributed by atoms with Gasteiger partial charge < -0.3 is 19.5 Å². The number of fused-ring (bicyclic) bond motifs is 1. The highest BCUT2D eigenvalue weighted by Crippen LogP contribution is 2.32. The lowest BCUT2D eigenvalue weighted by Crippen LogP contribution is -2.38. The van der Waals surface area contributed by atoms with Crippen molar-refractivity contribution in [3.63, 3.8) is 0 Å². The molecule has 7 nitrogen and oxygen atoms in total. The van der Waals surface area contributed by atoms with Crippen LogP contribution < -0.4 is 15.0 Å². The van der Waals surface area contributed by atoms with Crippen LogP contribution in [-0.2, 0) is 22.6 Å². The van der Waals surface area contributed by atoms with Crippen molar-refractivity contribution in [3.8, 4) is 5.75 Å². The van der Waals surface area contributed by atoms with Gasteiger partial charge in [-0.1, -0.05) is 44.4 Å². The van der Waals surface area contributed by atoms with Crippen molar-refractivity contribution in [1.29, 1.82) is 0 Å². The van der Waals surface area contributed by atoms with Crippen LogP contribution in [0.5, 0.6) is 5.75 Å². The van der Waals surface area contributed by atoms with Gasteiger partial charge in [-0.25, -0.2) is 0 Å². The number of carbonyl (C=O) groups excluding carboxylic acids is 2. The summed E-state index contributed by atoms with van der Waals surface area (Å²) in [5, 5.41) is 4.67. The third-order valence-corrected chi connectivity index (χ3v) is 8.09. The van der Waals surface area contributed by atoms with Crippen LogP contribution in [0.25, 0.3) is 17.0 Å². The standard InChI is InChI=1S/C31H36N4O3S/c1-4-21-10-9-13-26-22(19-34(29(21)26)20-28(36)32-23-11-7-6-8-12-23)18-27-30(37)35(31(39)33(27)3)24-14-16-25(17-15-24)38-5-2/h9-10,13-19,23H,4-8,11-12,20H2,1-3H3,(H,32,36)/b27-18-. The van der Waals surface area contributed by atoms with Crippen LogP contribution in [0.4, 0.5) is 5.69 Å². The second-order valence-corrected chi connectivity index (χ2v) is 10.6. The third kappa shape index (κ3) is 5.43. The minimum absolute atomic E-state index is 0.0285. The molecule has 0 spiro atoms. The van der Waals surface area contributed by atoms with E-state index in [9.17, 15) is 9.59 Å². The Bertz CT molecular complexity index is 1420. The van der Waals surface area contributed by atoms with Gasteiger partial charge in [0, 0.05) is 30.2 Å².